The zero-order valence-electron chi connectivity index (χ0n) is 15.3. The molecule has 1 aliphatic rings. The van der Waals surface area contributed by atoms with Gasteiger partial charge in [-0.2, -0.15) is 0 Å². The maximum Gasteiger partial charge on any atom is 0.161 e. The molecule has 6 heteroatoms. The molecular weight excluding hydrogens is 367 g/mol. The third-order valence-corrected chi connectivity index (χ3v) is 4.96. The van der Waals surface area contributed by atoms with Gasteiger partial charge in [-0.3, -0.25) is 4.90 Å². The van der Waals surface area contributed by atoms with Crippen molar-refractivity contribution >= 4 is 23.3 Å². The largest absolute Gasteiger partial charge is 0.493 e. The van der Waals surface area contributed by atoms with Crippen molar-refractivity contribution in [3.8, 4) is 11.5 Å². The fraction of sp³-hybridized carbons (Fsp3) is 0.333. The number of methoxy groups -OCH3 is 1. The van der Waals surface area contributed by atoms with E-state index in [0.717, 1.165) is 54.9 Å². The standard InChI is InChI=1S/C21H23FN2O2.ClH/c1-25-20-5-2-3-6-21(20)26-12-4-10-24-11-9-19-17(14-24)16-13-15(22)7-8-18(16)23-19;/h2-3,5-8,13,23H,4,9-12,14H2,1H3;1H. The Morgan fingerprint density at radius 2 is 1.96 bits per heavy atom. The maximum atomic E-state index is 13.6. The van der Waals surface area contributed by atoms with Gasteiger partial charge in [0, 0.05) is 42.7 Å². The summed E-state index contributed by atoms with van der Waals surface area (Å²) in [6, 6.07) is 12.7. The van der Waals surface area contributed by atoms with Crippen LogP contribution in [-0.2, 0) is 13.0 Å². The van der Waals surface area contributed by atoms with Gasteiger partial charge in [0.05, 0.1) is 13.7 Å². The van der Waals surface area contributed by atoms with Gasteiger partial charge < -0.3 is 14.5 Å². The summed E-state index contributed by atoms with van der Waals surface area (Å²) in [5.74, 6) is 1.36. The van der Waals surface area contributed by atoms with E-state index in [0.29, 0.717) is 6.61 Å². The van der Waals surface area contributed by atoms with Crippen LogP contribution in [0.3, 0.4) is 0 Å². The van der Waals surface area contributed by atoms with Crippen LogP contribution in [0.25, 0.3) is 10.9 Å². The summed E-state index contributed by atoms with van der Waals surface area (Å²) in [4.78, 5) is 5.84. The van der Waals surface area contributed by atoms with Crippen molar-refractivity contribution in [1.82, 2.24) is 9.88 Å². The lowest BCUT2D eigenvalue weighted by Crippen LogP contribution is -2.31. The van der Waals surface area contributed by atoms with Crippen molar-refractivity contribution < 1.29 is 13.9 Å². The van der Waals surface area contributed by atoms with Crippen LogP contribution >= 0.6 is 12.4 Å². The van der Waals surface area contributed by atoms with Crippen molar-refractivity contribution in [2.45, 2.75) is 19.4 Å². The summed E-state index contributed by atoms with van der Waals surface area (Å²) < 4.78 is 24.8. The van der Waals surface area contributed by atoms with Gasteiger partial charge in [-0.1, -0.05) is 12.1 Å². The van der Waals surface area contributed by atoms with Crippen molar-refractivity contribution in [2.75, 3.05) is 26.8 Å². The quantitative estimate of drug-likeness (QED) is 0.627. The molecule has 0 spiro atoms. The Balaban J connectivity index is 0.00000210. The highest BCUT2D eigenvalue weighted by atomic mass is 35.5. The van der Waals surface area contributed by atoms with Gasteiger partial charge in [-0.05, 0) is 42.3 Å². The van der Waals surface area contributed by atoms with E-state index < -0.39 is 0 Å². The summed E-state index contributed by atoms with van der Waals surface area (Å²) >= 11 is 0. The second-order valence-corrected chi connectivity index (χ2v) is 6.65. The van der Waals surface area contributed by atoms with Gasteiger partial charge in [-0.25, -0.2) is 4.39 Å². The molecule has 0 unspecified atom stereocenters. The first-order valence-corrected chi connectivity index (χ1v) is 9.02. The first-order chi connectivity index (χ1) is 12.7. The fourth-order valence-corrected chi connectivity index (χ4v) is 3.64. The Morgan fingerprint density at radius 3 is 2.78 bits per heavy atom. The lowest BCUT2D eigenvalue weighted by Gasteiger charge is -2.27. The van der Waals surface area contributed by atoms with Crippen LogP contribution in [0.4, 0.5) is 4.39 Å². The zero-order valence-corrected chi connectivity index (χ0v) is 16.2. The first-order valence-electron chi connectivity index (χ1n) is 9.02. The number of nitrogens with one attached hydrogen (secondary N) is 1. The van der Waals surface area contributed by atoms with Crippen molar-refractivity contribution in [3.05, 3.63) is 59.5 Å². The SMILES string of the molecule is COc1ccccc1OCCCN1CCc2[nH]c3ccc(F)cc3c2C1.Cl. The maximum absolute atomic E-state index is 13.6. The third kappa shape index (κ3) is 4.20. The third-order valence-electron chi connectivity index (χ3n) is 4.96. The number of fused-ring (bicyclic) bond motifs is 3. The van der Waals surface area contributed by atoms with Gasteiger partial charge in [0.2, 0.25) is 0 Å². The molecule has 0 fully saturated rings. The van der Waals surface area contributed by atoms with Crippen LogP contribution in [0.1, 0.15) is 17.7 Å². The number of hydrogen-bond acceptors (Lipinski definition) is 3. The lowest BCUT2D eigenvalue weighted by atomic mass is 10.0. The van der Waals surface area contributed by atoms with Crippen LogP contribution in [0, 0.1) is 5.82 Å². The zero-order chi connectivity index (χ0) is 17.9. The van der Waals surface area contributed by atoms with Crippen molar-refractivity contribution in [3.63, 3.8) is 0 Å². The molecule has 27 heavy (non-hydrogen) atoms. The van der Waals surface area contributed by atoms with E-state index in [1.807, 2.05) is 30.3 Å². The van der Waals surface area contributed by atoms with E-state index in [1.165, 1.54) is 17.3 Å². The molecule has 0 radical (unpaired) electrons. The number of rotatable bonds is 6. The minimum atomic E-state index is -0.179. The predicted molar refractivity (Wildman–Crippen MR) is 108 cm³/mol. The number of nitrogens with zero attached hydrogens (tertiary/aromatic N) is 1. The molecule has 144 valence electrons. The monoisotopic (exact) mass is 390 g/mol. The molecule has 1 aliphatic heterocycles. The smallest absolute Gasteiger partial charge is 0.161 e. The average Bonchev–Trinajstić information content (AvgIpc) is 3.03. The van der Waals surface area contributed by atoms with E-state index >= 15 is 0 Å². The summed E-state index contributed by atoms with van der Waals surface area (Å²) in [5, 5.41) is 1.01. The molecule has 0 amide bonds. The Bertz CT molecular complexity index is 912. The van der Waals surface area contributed by atoms with Gasteiger partial charge in [0.25, 0.3) is 0 Å². The van der Waals surface area contributed by atoms with Crippen LogP contribution in [0.5, 0.6) is 11.5 Å². The second kappa shape index (κ2) is 8.63. The minimum Gasteiger partial charge on any atom is -0.493 e. The summed E-state index contributed by atoms with van der Waals surface area (Å²) in [6.07, 6.45) is 1.91. The highest BCUT2D eigenvalue weighted by Crippen LogP contribution is 2.29. The fourth-order valence-electron chi connectivity index (χ4n) is 3.64. The van der Waals surface area contributed by atoms with Crippen LogP contribution < -0.4 is 9.47 Å². The molecule has 0 saturated carbocycles. The van der Waals surface area contributed by atoms with Gasteiger partial charge in [0.15, 0.2) is 11.5 Å². The molecule has 2 aromatic carbocycles. The summed E-state index contributed by atoms with van der Waals surface area (Å²) in [7, 11) is 1.65. The summed E-state index contributed by atoms with van der Waals surface area (Å²) in [5.41, 5.74) is 3.50. The predicted octanol–water partition coefficient (Wildman–Crippen LogP) is 4.56. The number of aromatic amines is 1. The van der Waals surface area contributed by atoms with Gasteiger partial charge >= 0.3 is 0 Å². The first kappa shape index (κ1) is 19.5. The molecule has 4 rings (SSSR count). The van der Waals surface area contributed by atoms with E-state index in [2.05, 4.69) is 9.88 Å². The molecule has 1 N–H and O–H groups in total. The van der Waals surface area contributed by atoms with E-state index in [1.54, 1.807) is 13.2 Å². The highest BCUT2D eigenvalue weighted by molar-refractivity contribution is 5.85. The number of H-pyrrole nitrogens is 1. The van der Waals surface area contributed by atoms with Crippen molar-refractivity contribution in [2.24, 2.45) is 0 Å². The topological polar surface area (TPSA) is 37.5 Å². The lowest BCUT2D eigenvalue weighted by molar-refractivity contribution is 0.218. The molecule has 0 bridgehead atoms. The van der Waals surface area contributed by atoms with E-state index in [9.17, 15) is 4.39 Å². The number of hydrogen-bond donors (Lipinski definition) is 1. The Morgan fingerprint density at radius 1 is 1.15 bits per heavy atom. The molecule has 0 aliphatic carbocycles. The van der Waals surface area contributed by atoms with E-state index in [-0.39, 0.29) is 18.2 Å². The molecule has 0 saturated heterocycles. The Hall–Kier alpha value is -2.24. The molecule has 1 aromatic heterocycles. The summed E-state index contributed by atoms with van der Waals surface area (Å²) in [6.45, 7) is 3.47. The highest BCUT2D eigenvalue weighted by Gasteiger charge is 2.20. The van der Waals surface area contributed by atoms with Gasteiger partial charge in [0.1, 0.15) is 5.82 Å². The normalized spacial score (nSPS) is 13.9. The number of halogens is 2. The molecule has 0 atom stereocenters. The van der Waals surface area contributed by atoms with E-state index in [4.69, 9.17) is 9.47 Å². The molecule has 4 nitrogen and oxygen atoms in total. The van der Waals surface area contributed by atoms with Crippen LogP contribution in [0.2, 0.25) is 0 Å². The Labute approximate surface area is 164 Å². The number of ether oxygens (including phenoxy) is 2. The number of aromatic nitrogens is 1. The second-order valence-electron chi connectivity index (χ2n) is 6.65. The van der Waals surface area contributed by atoms with Crippen LogP contribution in [-0.4, -0.2) is 36.7 Å². The molecule has 2 heterocycles. The van der Waals surface area contributed by atoms with Gasteiger partial charge in [-0.15, -0.1) is 12.4 Å². The van der Waals surface area contributed by atoms with Crippen LogP contribution in [0.15, 0.2) is 42.5 Å². The Kier molecular flexibility index (Phi) is 6.24. The number of benzene rings is 2. The molecule has 3 aromatic rings. The minimum absolute atomic E-state index is 0. The average molecular weight is 391 g/mol. The molecular formula is C21H24ClFN2O2. The van der Waals surface area contributed by atoms with Crippen molar-refractivity contribution in [1.29, 1.82) is 0 Å². The number of para-hydroxylation sites is 2.